The SMILES string of the molecule is CCC(=O)c1ccc(-n2cnc3c(NCCC(F)(F)F)cc(Oc4cccc(O)c4)cc32)cc1C. The Morgan fingerprint density at radius 1 is 1.11 bits per heavy atom. The zero-order valence-electron chi connectivity index (χ0n) is 19.2. The van der Waals surface area contributed by atoms with Gasteiger partial charge >= 0.3 is 6.18 Å². The van der Waals surface area contributed by atoms with E-state index in [4.69, 9.17) is 4.74 Å². The van der Waals surface area contributed by atoms with Crippen molar-refractivity contribution in [3.8, 4) is 22.9 Å². The molecule has 9 heteroatoms. The summed E-state index contributed by atoms with van der Waals surface area (Å²) in [7, 11) is 0. The minimum Gasteiger partial charge on any atom is -0.508 e. The first-order valence-electron chi connectivity index (χ1n) is 11.1. The fraction of sp³-hybridized carbons (Fsp3) is 0.231. The zero-order chi connectivity index (χ0) is 25.2. The molecule has 6 nitrogen and oxygen atoms in total. The number of ether oxygens (including phenoxy) is 1. The molecule has 4 rings (SSSR count). The van der Waals surface area contributed by atoms with E-state index in [0.29, 0.717) is 40.2 Å². The standard InChI is InChI=1S/C26H24F3N3O3/c1-3-24(34)21-8-7-17(11-16(21)2)32-15-31-25-22(30-10-9-26(27,28)29)13-20(14-23(25)32)35-19-6-4-5-18(33)12-19/h4-8,11-15,30,33H,3,9-10H2,1-2H3. The lowest BCUT2D eigenvalue weighted by atomic mass is 10.0. The van der Waals surface area contributed by atoms with Gasteiger partial charge in [0.25, 0.3) is 0 Å². The first-order valence-corrected chi connectivity index (χ1v) is 11.1. The zero-order valence-corrected chi connectivity index (χ0v) is 19.2. The number of aryl methyl sites for hydroxylation is 1. The number of hydrogen-bond acceptors (Lipinski definition) is 5. The smallest absolute Gasteiger partial charge is 0.390 e. The lowest BCUT2D eigenvalue weighted by Crippen LogP contribution is -2.14. The number of rotatable bonds is 8. The number of carbonyl (C=O) groups is 1. The molecule has 3 aromatic carbocycles. The molecule has 0 aliphatic carbocycles. The van der Waals surface area contributed by atoms with E-state index in [1.165, 1.54) is 12.1 Å². The van der Waals surface area contributed by atoms with Crippen LogP contribution < -0.4 is 10.1 Å². The first kappa shape index (κ1) is 24.1. The molecule has 0 unspecified atom stereocenters. The number of benzene rings is 3. The van der Waals surface area contributed by atoms with E-state index in [1.54, 1.807) is 54.2 Å². The average molecular weight is 483 g/mol. The van der Waals surface area contributed by atoms with Gasteiger partial charge in [-0.15, -0.1) is 0 Å². The fourth-order valence-corrected chi connectivity index (χ4v) is 3.81. The van der Waals surface area contributed by atoms with E-state index in [0.717, 1.165) is 11.3 Å². The van der Waals surface area contributed by atoms with Crippen molar-refractivity contribution in [1.29, 1.82) is 0 Å². The van der Waals surface area contributed by atoms with Crippen molar-refractivity contribution in [2.75, 3.05) is 11.9 Å². The number of nitrogens with zero attached hydrogens (tertiary/aromatic N) is 2. The molecule has 2 N–H and O–H groups in total. The predicted molar refractivity (Wildman–Crippen MR) is 128 cm³/mol. The van der Waals surface area contributed by atoms with Crippen molar-refractivity contribution < 1.29 is 27.8 Å². The van der Waals surface area contributed by atoms with E-state index in [9.17, 15) is 23.1 Å². The van der Waals surface area contributed by atoms with Crippen LogP contribution in [0.15, 0.2) is 60.9 Å². The lowest BCUT2D eigenvalue weighted by molar-refractivity contribution is -0.131. The fourth-order valence-electron chi connectivity index (χ4n) is 3.81. The number of Topliss-reactive ketones (excluding diaryl/α,β-unsaturated/α-hetero) is 1. The highest BCUT2D eigenvalue weighted by Crippen LogP contribution is 2.34. The molecule has 0 fully saturated rings. The molecule has 1 heterocycles. The third-order valence-corrected chi connectivity index (χ3v) is 5.51. The van der Waals surface area contributed by atoms with Crippen LogP contribution in [0.1, 0.15) is 35.7 Å². The third kappa shape index (κ3) is 5.56. The van der Waals surface area contributed by atoms with Gasteiger partial charge in [0.2, 0.25) is 0 Å². The number of fused-ring (bicyclic) bond motifs is 1. The second-order valence-electron chi connectivity index (χ2n) is 8.12. The molecule has 0 saturated heterocycles. The Morgan fingerprint density at radius 3 is 2.60 bits per heavy atom. The monoisotopic (exact) mass is 483 g/mol. The number of phenolic OH excluding ortho intramolecular Hbond substituents is 1. The maximum absolute atomic E-state index is 12.7. The number of halogens is 3. The van der Waals surface area contributed by atoms with Crippen molar-refractivity contribution in [3.05, 3.63) is 72.1 Å². The summed E-state index contributed by atoms with van der Waals surface area (Å²) in [5, 5.41) is 12.6. The van der Waals surface area contributed by atoms with E-state index in [2.05, 4.69) is 10.3 Å². The van der Waals surface area contributed by atoms with Gasteiger partial charge in [-0.3, -0.25) is 9.36 Å². The molecule has 0 atom stereocenters. The Morgan fingerprint density at radius 2 is 1.91 bits per heavy atom. The Bertz CT molecular complexity index is 1380. The van der Waals surface area contributed by atoms with Crippen molar-refractivity contribution >= 4 is 22.5 Å². The normalized spacial score (nSPS) is 11.6. The Hall–Kier alpha value is -4.01. The van der Waals surface area contributed by atoms with Gasteiger partial charge in [0, 0.05) is 42.4 Å². The molecule has 35 heavy (non-hydrogen) atoms. The van der Waals surface area contributed by atoms with Crippen molar-refractivity contribution in [3.63, 3.8) is 0 Å². The van der Waals surface area contributed by atoms with E-state index < -0.39 is 12.6 Å². The summed E-state index contributed by atoms with van der Waals surface area (Å²) < 4.78 is 45.9. The molecule has 182 valence electrons. The quantitative estimate of drug-likeness (QED) is 0.270. The van der Waals surface area contributed by atoms with Crippen LogP contribution in [0.4, 0.5) is 18.9 Å². The molecule has 0 saturated carbocycles. The van der Waals surface area contributed by atoms with E-state index in [-0.39, 0.29) is 18.1 Å². The second-order valence-corrected chi connectivity index (χ2v) is 8.12. The van der Waals surface area contributed by atoms with Gasteiger partial charge < -0.3 is 15.2 Å². The topological polar surface area (TPSA) is 76.4 Å². The van der Waals surface area contributed by atoms with Crippen LogP contribution in [0, 0.1) is 6.92 Å². The predicted octanol–water partition coefficient (Wildman–Crippen LogP) is 6.79. The van der Waals surface area contributed by atoms with Gasteiger partial charge in [-0.1, -0.05) is 13.0 Å². The molecule has 0 aliphatic heterocycles. The van der Waals surface area contributed by atoms with Crippen LogP contribution in [0.3, 0.4) is 0 Å². The molecule has 0 radical (unpaired) electrons. The lowest BCUT2D eigenvalue weighted by Gasteiger charge is -2.14. The highest BCUT2D eigenvalue weighted by Gasteiger charge is 2.26. The number of aromatic hydroxyl groups is 1. The number of anilines is 1. The Labute approximate surface area is 200 Å². The Kier molecular flexibility index (Phi) is 6.68. The number of aromatic nitrogens is 2. The minimum atomic E-state index is -4.30. The number of carbonyl (C=O) groups excluding carboxylic acids is 1. The van der Waals surface area contributed by atoms with Gasteiger partial charge in [0.15, 0.2) is 5.78 Å². The molecular weight excluding hydrogens is 459 g/mol. The summed E-state index contributed by atoms with van der Waals surface area (Å²) in [5.74, 6) is 0.792. The molecule has 0 amide bonds. The summed E-state index contributed by atoms with van der Waals surface area (Å²) in [6.07, 6.45) is -3.32. The van der Waals surface area contributed by atoms with Crippen LogP contribution in [-0.2, 0) is 0 Å². The van der Waals surface area contributed by atoms with Crippen LogP contribution in [-0.4, -0.2) is 33.2 Å². The van der Waals surface area contributed by atoms with Crippen molar-refractivity contribution in [2.24, 2.45) is 0 Å². The third-order valence-electron chi connectivity index (χ3n) is 5.51. The largest absolute Gasteiger partial charge is 0.508 e. The summed E-state index contributed by atoms with van der Waals surface area (Å²) in [6, 6.07) is 15.0. The van der Waals surface area contributed by atoms with Gasteiger partial charge in [0.1, 0.15) is 29.1 Å². The number of nitrogens with one attached hydrogen (secondary N) is 1. The average Bonchev–Trinajstić information content (AvgIpc) is 3.22. The van der Waals surface area contributed by atoms with Crippen LogP contribution in [0.25, 0.3) is 16.7 Å². The number of alkyl halides is 3. The summed E-state index contributed by atoms with van der Waals surface area (Å²) in [4.78, 5) is 16.6. The summed E-state index contributed by atoms with van der Waals surface area (Å²) in [6.45, 7) is 3.33. The highest BCUT2D eigenvalue weighted by molar-refractivity contribution is 5.97. The van der Waals surface area contributed by atoms with Crippen LogP contribution in [0.2, 0.25) is 0 Å². The minimum absolute atomic E-state index is 0.0225. The molecule has 0 spiro atoms. The molecule has 0 bridgehead atoms. The van der Waals surface area contributed by atoms with Gasteiger partial charge in [-0.25, -0.2) is 4.98 Å². The first-order chi connectivity index (χ1) is 16.6. The van der Waals surface area contributed by atoms with Gasteiger partial charge in [0.05, 0.1) is 17.6 Å². The maximum Gasteiger partial charge on any atom is 0.390 e. The number of ketones is 1. The molecular formula is C26H24F3N3O3. The number of imidazole rings is 1. The second kappa shape index (κ2) is 9.69. The Balaban J connectivity index is 1.77. The molecule has 4 aromatic rings. The summed E-state index contributed by atoms with van der Waals surface area (Å²) >= 11 is 0. The molecule has 1 aromatic heterocycles. The van der Waals surface area contributed by atoms with Crippen LogP contribution in [0.5, 0.6) is 17.2 Å². The van der Waals surface area contributed by atoms with E-state index in [1.807, 2.05) is 13.0 Å². The van der Waals surface area contributed by atoms with Crippen LogP contribution >= 0.6 is 0 Å². The van der Waals surface area contributed by atoms with Crippen molar-refractivity contribution in [2.45, 2.75) is 32.9 Å². The number of phenols is 1. The van der Waals surface area contributed by atoms with Gasteiger partial charge in [-0.2, -0.15) is 13.2 Å². The molecule has 0 aliphatic rings. The van der Waals surface area contributed by atoms with Crippen molar-refractivity contribution in [1.82, 2.24) is 9.55 Å². The summed E-state index contributed by atoms with van der Waals surface area (Å²) in [5.41, 5.74) is 3.66. The van der Waals surface area contributed by atoms with E-state index >= 15 is 0 Å². The number of hydrogen-bond donors (Lipinski definition) is 2. The van der Waals surface area contributed by atoms with Gasteiger partial charge in [-0.05, 0) is 42.8 Å². The maximum atomic E-state index is 12.7. The highest BCUT2D eigenvalue weighted by atomic mass is 19.4.